The van der Waals surface area contributed by atoms with E-state index in [4.69, 9.17) is 4.98 Å². The Balaban J connectivity index is 0.00000342. The van der Waals surface area contributed by atoms with Gasteiger partial charge >= 0.3 is 0 Å². The molecule has 0 aliphatic carbocycles. The Morgan fingerprint density at radius 2 is 1.83 bits per heavy atom. The lowest BCUT2D eigenvalue weighted by molar-refractivity contribution is 0.596. The molecule has 2 heterocycles. The fourth-order valence-corrected chi connectivity index (χ4v) is 4.25. The number of H-pyrrole nitrogens is 1. The minimum absolute atomic E-state index is 0. The Bertz CT molecular complexity index is 1390. The SMILES string of the molecule is CCc1cc2ccc(C(C)(C#N)Cc3cccc(N(C)CCc4ccccc4)n3)cc2[nH]c1=O.Cl. The third-order valence-electron chi connectivity index (χ3n) is 6.48. The number of halogens is 1. The first-order valence-corrected chi connectivity index (χ1v) is 11.7. The van der Waals surface area contributed by atoms with Gasteiger partial charge in [-0.05, 0) is 60.5 Å². The van der Waals surface area contributed by atoms with Gasteiger partial charge in [-0.25, -0.2) is 4.98 Å². The lowest BCUT2D eigenvalue weighted by Crippen LogP contribution is -2.25. The van der Waals surface area contributed by atoms with E-state index >= 15 is 0 Å². The molecule has 6 heteroatoms. The molecule has 1 N–H and O–H groups in total. The molecule has 0 aliphatic heterocycles. The fourth-order valence-electron chi connectivity index (χ4n) is 4.25. The third-order valence-corrected chi connectivity index (χ3v) is 6.48. The van der Waals surface area contributed by atoms with Gasteiger partial charge in [0.05, 0.1) is 11.5 Å². The van der Waals surface area contributed by atoms with Gasteiger partial charge < -0.3 is 9.88 Å². The summed E-state index contributed by atoms with van der Waals surface area (Å²) in [6.45, 7) is 4.76. The van der Waals surface area contributed by atoms with Crippen LogP contribution in [-0.4, -0.2) is 23.6 Å². The van der Waals surface area contributed by atoms with E-state index in [1.54, 1.807) is 0 Å². The van der Waals surface area contributed by atoms with E-state index < -0.39 is 5.41 Å². The second-order valence-electron chi connectivity index (χ2n) is 9.04. The number of hydrogen-bond acceptors (Lipinski definition) is 4. The number of likely N-dealkylation sites (N-methyl/N-ethyl adjacent to an activating group) is 1. The van der Waals surface area contributed by atoms with Gasteiger partial charge in [0.15, 0.2) is 0 Å². The fraction of sp³-hybridized carbons (Fsp3) is 0.276. The van der Waals surface area contributed by atoms with Crippen LogP contribution in [0.2, 0.25) is 0 Å². The topological polar surface area (TPSA) is 72.8 Å². The number of hydrogen-bond donors (Lipinski definition) is 1. The average molecular weight is 487 g/mol. The quantitative estimate of drug-likeness (QED) is 0.351. The van der Waals surface area contributed by atoms with Crippen molar-refractivity contribution in [2.24, 2.45) is 0 Å². The molecule has 35 heavy (non-hydrogen) atoms. The molecule has 1 unspecified atom stereocenters. The lowest BCUT2D eigenvalue weighted by Gasteiger charge is -2.24. The van der Waals surface area contributed by atoms with E-state index in [0.29, 0.717) is 12.8 Å². The molecule has 0 aliphatic rings. The van der Waals surface area contributed by atoms with Crippen molar-refractivity contribution in [1.82, 2.24) is 9.97 Å². The number of benzene rings is 2. The summed E-state index contributed by atoms with van der Waals surface area (Å²) in [5.74, 6) is 0.892. The van der Waals surface area contributed by atoms with Crippen molar-refractivity contribution in [2.45, 2.75) is 38.5 Å². The lowest BCUT2D eigenvalue weighted by atomic mass is 9.79. The number of aryl methyl sites for hydroxylation is 1. The maximum absolute atomic E-state index is 12.3. The summed E-state index contributed by atoms with van der Waals surface area (Å²) in [5, 5.41) is 11.1. The molecule has 4 rings (SSSR count). The van der Waals surface area contributed by atoms with Crippen LogP contribution < -0.4 is 10.5 Å². The Morgan fingerprint density at radius 3 is 2.54 bits per heavy atom. The van der Waals surface area contributed by atoms with Crippen molar-refractivity contribution >= 4 is 29.1 Å². The van der Waals surface area contributed by atoms with Crippen molar-refractivity contribution in [3.63, 3.8) is 0 Å². The van der Waals surface area contributed by atoms with E-state index in [9.17, 15) is 10.1 Å². The normalized spacial score (nSPS) is 12.4. The van der Waals surface area contributed by atoms with Crippen LogP contribution in [0.1, 0.15) is 36.2 Å². The summed E-state index contributed by atoms with van der Waals surface area (Å²) in [4.78, 5) is 22.3. The Kier molecular flexibility index (Phi) is 8.32. The maximum atomic E-state index is 12.3. The number of aromatic amines is 1. The molecule has 0 amide bonds. The van der Waals surface area contributed by atoms with Crippen molar-refractivity contribution in [2.75, 3.05) is 18.5 Å². The predicted octanol–water partition coefficient (Wildman–Crippen LogP) is 5.61. The number of aromatic nitrogens is 2. The number of pyridine rings is 2. The summed E-state index contributed by atoms with van der Waals surface area (Å²) in [6, 6.07) is 26.7. The van der Waals surface area contributed by atoms with Crippen LogP contribution in [0.5, 0.6) is 0 Å². The minimum atomic E-state index is -0.775. The van der Waals surface area contributed by atoms with Crippen molar-refractivity contribution in [3.8, 4) is 6.07 Å². The smallest absolute Gasteiger partial charge is 0.251 e. The molecule has 0 radical (unpaired) electrons. The highest BCUT2D eigenvalue weighted by Crippen LogP contribution is 2.30. The highest BCUT2D eigenvalue weighted by Gasteiger charge is 2.28. The maximum Gasteiger partial charge on any atom is 0.251 e. The predicted molar refractivity (Wildman–Crippen MR) is 146 cm³/mol. The third kappa shape index (κ3) is 5.90. The molecule has 4 aromatic rings. The van der Waals surface area contributed by atoms with E-state index in [-0.39, 0.29) is 18.0 Å². The van der Waals surface area contributed by atoms with E-state index in [1.807, 2.05) is 69.4 Å². The summed E-state index contributed by atoms with van der Waals surface area (Å²) in [5.41, 5.74) is 3.70. The van der Waals surface area contributed by atoms with Crippen molar-refractivity contribution in [3.05, 3.63) is 106 Å². The van der Waals surface area contributed by atoms with Gasteiger partial charge in [-0.1, -0.05) is 55.5 Å². The Labute approximate surface area is 212 Å². The molecule has 0 fully saturated rings. The molecule has 0 spiro atoms. The van der Waals surface area contributed by atoms with Crippen molar-refractivity contribution in [1.29, 1.82) is 5.26 Å². The Morgan fingerprint density at radius 1 is 1.06 bits per heavy atom. The van der Waals surface area contributed by atoms with Gasteiger partial charge in [0, 0.05) is 36.8 Å². The van der Waals surface area contributed by atoms with E-state index in [1.165, 1.54) is 5.56 Å². The highest BCUT2D eigenvalue weighted by molar-refractivity contribution is 5.85. The van der Waals surface area contributed by atoms with E-state index in [2.05, 4.69) is 40.2 Å². The van der Waals surface area contributed by atoms with Gasteiger partial charge in [-0.2, -0.15) is 5.26 Å². The number of nitrogens with zero attached hydrogens (tertiary/aromatic N) is 3. The largest absolute Gasteiger partial charge is 0.359 e. The van der Waals surface area contributed by atoms with Crippen LogP contribution in [0.3, 0.4) is 0 Å². The second kappa shape index (κ2) is 11.2. The summed E-state index contributed by atoms with van der Waals surface area (Å²) in [6.07, 6.45) is 2.10. The van der Waals surface area contributed by atoms with Gasteiger partial charge in [-0.3, -0.25) is 4.79 Å². The highest BCUT2D eigenvalue weighted by atomic mass is 35.5. The number of fused-ring (bicyclic) bond motifs is 1. The first-order chi connectivity index (χ1) is 16.4. The van der Waals surface area contributed by atoms with Gasteiger partial charge in [-0.15, -0.1) is 12.4 Å². The van der Waals surface area contributed by atoms with Crippen LogP contribution >= 0.6 is 12.4 Å². The van der Waals surface area contributed by atoms with Gasteiger partial charge in [0.25, 0.3) is 5.56 Å². The second-order valence-corrected chi connectivity index (χ2v) is 9.04. The number of nitrogens with one attached hydrogen (secondary N) is 1. The molecular weight excluding hydrogens is 456 g/mol. The first-order valence-electron chi connectivity index (χ1n) is 11.7. The van der Waals surface area contributed by atoms with Crippen LogP contribution in [-0.2, 0) is 24.7 Å². The molecular formula is C29H31ClN4O. The number of anilines is 1. The zero-order valence-corrected chi connectivity index (χ0v) is 21.2. The standard InChI is InChI=1S/C29H30N4O.ClH/c1-4-22-17-23-13-14-24(18-26(23)32-28(22)34)29(2,20-30)19-25-11-8-12-27(31-25)33(3)16-15-21-9-6-5-7-10-21;/h5-14,17-18H,4,15-16,19H2,1-3H3,(H,32,34);1H. The molecule has 1 atom stereocenters. The molecule has 0 saturated heterocycles. The van der Waals surface area contributed by atoms with Crippen LogP contribution in [0.4, 0.5) is 5.82 Å². The first kappa shape index (κ1) is 26.0. The van der Waals surface area contributed by atoms with Gasteiger partial charge in [0.2, 0.25) is 0 Å². The monoisotopic (exact) mass is 486 g/mol. The molecule has 2 aromatic carbocycles. The number of rotatable bonds is 8. The van der Waals surface area contributed by atoms with E-state index in [0.717, 1.165) is 46.5 Å². The summed E-state index contributed by atoms with van der Waals surface area (Å²) < 4.78 is 0. The van der Waals surface area contributed by atoms with Crippen LogP contribution in [0.15, 0.2) is 77.6 Å². The van der Waals surface area contributed by atoms with Gasteiger partial charge in [0.1, 0.15) is 5.82 Å². The van der Waals surface area contributed by atoms with Crippen LogP contribution in [0, 0.1) is 11.3 Å². The minimum Gasteiger partial charge on any atom is -0.359 e. The average Bonchev–Trinajstić information content (AvgIpc) is 2.87. The number of nitriles is 1. The summed E-state index contributed by atoms with van der Waals surface area (Å²) >= 11 is 0. The zero-order valence-electron chi connectivity index (χ0n) is 20.4. The Hall–Kier alpha value is -3.62. The molecule has 2 aromatic heterocycles. The zero-order chi connectivity index (χ0) is 24.1. The van der Waals surface area contributed by atoms with Crippen molar-refractivity contribution < 1.29 is 0 Å². The molecule has 5 nitrogen and oxygen atoms in total. The summed E-state index contributed by atoms with van der Waals surface area (Å²) in [7, 11) is 2.04. The molecule has 180 valence electrons. The molecule has 0 saturated carbocycles. The molecule has 0 bridgehead atoms. The van der Waals surface area contributed by atoms with Crippen LogP contribution in [0.25, 0.3) is 10.9 Å².